The summed E-state index contributed by atoms with van der Waals surface area (Å²) in [6.07, 6.45) is 8.39. The van der Waals surface area contributed by atoms with Gasteiger partial charge in [-0.15, -0.1) is 0 Å². The summed E-state index contributed by atoms with van der Waals surface area (Å²) < 4.78 is 6.05. The molecule has 6 heteroatoms. The number of hydrogen-bond donors (Lipinski definition) is 3. The minimum absolute atomic E-state index is 0.262. The van der Waals surface area contributed by atoms with E-state index in [0.717, 1.165) is 24.8 Å². The van der Waals surface area contributed by atoms with Gasteiger partial charge in [-0.05, 0) is 48.3 Å². The minimum Gasteiger partial charge on any atom is -0.445 e. The first-order valence-electron chi connectivity index (χ1n) is 12.7. The first-order valence-corrected chi connectivity index (χ1v) is 12.7. The zero-order valence-electron chi connectivity index (χ0n) is 20.6. The van der Waals surface area contributed by atoms with Gasteiger partial charge in [0.15, 0.2) is 0 Å². The van der Waals surface area contributed by atoms with Crippen LogP contribution in [0.2, 0.25) is 0 Å². The van der Waals surface area contributed by atoms with Crippen LogP contribution in [0.15, 0.2) is 66.8 Å². The van der Waals surface area contributed by atoms with Gasteiger partial charge in [-0.3, -0.25) is 4.79 Å². The van der Waals surface area contributed by atoms with Gasteiger partial charge in [0, 0.05) is 18.0 Å². The van der Waals surface area contributed by atoms with Gasteiger partial charge < -0.3 is 20.3 Å². The molecule has 0 radical (unpaired) electrons. The van der Waals surface area contributed by atoms with E-state index in [1.807, 2.05) is 49.4 Å². The summed E-state index contributed by atoms with van der Waals surface area (Å²) in [6.45, 7) is 8.27. The summed E-state index contributed by atoms with van der Waals surface area (Å²) in [4.78, 5) is 26.8. The van der Waals surface area contributed by atoms with Crippen molar-refractivity contribution in [2.75, 3.05) is 0 Å². The van der Waals surface area contributed by atoms with Crippen molar-refractivity contribution in [2.45, 2.75) is 69.8 Å². The van der Waals surface area contributed by atoms with E-state index in [2.05, 4.69) is 18.8 Å². The molecule has 4 rings (SSSR count). The normalized spacial score (nSPS) is 40.0. The Bertz CT molecular complexity index is 1000. The highest BCUT2D eigenvalue weighted by molar-refractivity contribution is 5.94. The van der Waals surface area contributed by atoms with Crippen LogP contribution in [0.3, 0.4) is 0 Å². The molecule has 3 aliphatic rings. The van der Waals surface area contributed by atoms with Crippen LogP contribution in [-0.2, 0) is 20.7 Å². The van der Waals surface area contributed by atoms with E-state index in [4.69, 9.17) is 4.74 Å². The summed E-state index contributed by atoms with van der Waals surface area (Å²) >= 11 is 0. The molecule has 2 fully saturated rings. The second-order valence-electron chi connectivity index (χ2n) is 10.5. The molecule has 1 aromatic carbocycles. The quantitative estimate of drug-likeness (QED) is 0.446. The molecular formula is C29H37NO5. The Kier molecular flexibility index (Phi) is 7.62. The van der Waals surface area contributed by atoms with E-state index >= 15 is 0 Å². The summed E-state index contributed by atoms with van der Waals surface area (Å²) in [5.41, 5.74) is 0.136. The van der Waals surface area contributed by atoms with Crippen molar-refractivity contribution in [3.8, 4) is 0 Å². The van der Waals surface area contributed by atoms with Crippen molar-refractivity contribution < 1.29 is 24.5 Å². The molecular weight excluding hydrogens is 442 g/mol. The number of carbonyl (C=O) groups excluding carboxylic acids is 2. The van der Waals surface area contributed by atoms with Crippen molar-refractivity contribution in [1.82, 2.24) is 5.32 Å². The zero-order valence-corrected chi connectivity index (χ0v) is 20.6. The van der Waals surface area contributed by atoms with Crippen LogP contribution in [0.4, 0.5) is 0 Å². The van der Waals surface area contributed by atoms with Gasteiger partial charge in [-0.2, -0.15) is 0 Å². The maximum Gasteiger partial charge on any atom is 0.331 e. The van der Waals surface area contributed by atoms with Gasteiger partial charge in [0.05, 0.1) is 18.1 Å². The fourth-order valence-electron chi connectivity index (χ4n) is 6.09. The number of aliphatic hydroxyl groups excluding tert-OH is 2. The highest BCUT2D eigenvalue weighted by atomic mass is 16.6. The molecule has 35 heavy (non-hydrogen) atoms. The maximum atomic E-state index is 13.7. The molecule has 1 saturated heterocycles. The molecule has 1 spiro atoms. The van der Waals surface area contributed by atoms with Gasteiger partial charge in [0.1, 0.15) is 0 Å². The molecule has 1 aromatic rings. The lowest BCUT2D eigenvalue weighted by molar-refractivity contribution is -0.182. The van der Waals surface area contributed by atoms with Gasteiger partial charge in [-0.1, -0.05) is 75.8 Å². The Morgan fingerprint density at radius 3 is 2.60 bits per heavy atom. The summed E-state index contributed by atoms with van der Waals surface area (Å²) in [7, 11) is 0. The molecule has 1 saturated carbocycles. The minimum atomic E-state index is -1.57. The van der Waals surface area contributed by atoms with E-state index in [0.29, 0.717) is 24.3 Å². The molecule has 0 aromatic heterocycles. The second kappa shape index (κ2) is 10.5. The SMILES string of the molecule is C=C1[C@@H](C)[C@H]2[C@H](Cc3ccccc3)NC(=O)[C@]23OC(=O)/C=C/[C@@H](O)CCC[C@@H](C)C/C=C\[C@H]3[C@@H]1O. The number of ether oxygens (including phenoxy) is 1. The molecule has 1 amide bonds. The fourth-order valence-corrected chi connectivity index (χ4v) is 6.09. The number of allylic oxidation sites excluding steroid dienone is 1. The Morgan fingerprint density at radius 1 is 1.11 bits per heavy atom. The molecule has 8 atom stereocenters. The topological polar surface area (TPSA) is 95.9 Å². The van der Waals surface area contributed by atoms with Gasteiger partial charge in [0.2, 0.25) is 5.60 Å². The van der Waals surface area contributed by atoms with E-state index in [1.165, 1.54) is 12.2 Å². The average Bonchev–Trinajstić information content (AvgIpc) is 3.09. The summed E-state index contributed by atoms with van der Waals surface area (Å²) in [5.74, 6) is -2.13. The third kappa shape index (κ3) is 5.00. The van der Waals surface area contributed by atoms with Crippen LogP contribution >= 0.6 is 0 Å². The molecule has 3 N–H and O–H groups in total. The van der Waals surface area contributed by atoms with Crippen molar-refractivity contribution in [3.63, 3.8) is 0 Å². The Balaban J connectivity index is 1.78. The van der Waals surface area contributed by atoms with Crippen LogP contribution in [-0.4, -0.2) is 45.9 Å². The van der Waals surface area contributed by atoms with Crippen LogP contribution < -0.4 is 5.32 Å². The second-order valence-corrected chi connectivity index (χ2v) is 10.5. The monoisotopic (exact) mass is 479 g/mol. The predicted octanol–water partition coefficient (Wildman–Crippen LogP) is 3.49. The zero-order chi connectivity index (χ0) is 25.2. The van der Waals surface area contributed by atoms with Gasteiger partial charge >= 0.3 is 5.97 Å². The molecule has 6 nitrogen and oxygen atoms in total. The number of amides is 1. The Hall–Kier alpha value is -2.70. The van der Waals surface area contributed by atoms with Crippen molar-refractivity contribution in [1.29, 1.82) is 0 Å². The number of esters is 1. The molecule has 2 heterocycles. The third-order valence-electron chi connectivity index (χ3n) is 8.04. The summed E-state index contributed by atoms with van der Waals surface area (Å²) in [5, 5.41) is 24.7. The van der Waals surface area contributed by atoms with Crippen molar-refractivity contribution >= 4 is 11.9 Å². The lowest BCUT2D eigenvalue weighted by Crippen LogP contribution is -2.61. The lowest BCUT2D eigenvalue weighted by atomic mass is 9.59. The molecule has 2 aliphatic heterocycles. The highest BCUT2D eigenvalue weighted by Gasteiger charge is 2.67. The first kappa shape index (κ1) is 25.4. The van der Waals surface area contributed by atoms with Crippen molar-refractivity contribution in [3.05, 3.63) is 72.4 Å². The average molecular weight is 480 g/mol. The predicted molar refractivity (Wildman–Crippen MR) is 134 cm³/mol. The number of benzene rings is 1. The van der Waals surface area contributed by atoms with Gasteiger partial charge in [-0.25, -0.2) is 4.79 Å². The van der Waals surface area contributed by atoms with Crippen LogP contribution in [0.1, 0.15) is 45.1 Å². The maximum absolute atomic E-state index is 13.7. The number of rotatable bonds is 2. The Morgan fingerprint density at radius 2 is 1.86 bits per heavy atom. The number of hydrogen-bond acceptors (Lipinski definition) is 5. The highest BCUT2D eigenvalue weighted by Crippen LogP contribution is 2.52. The summed E-state index contributed by atoms with van der Waals surface area (Å²) in [6, 6.07) is 9.59. The molecule has 1 aliphatic carbocycles. The number of carbonyl (C=O) groups is 2. The smallest absolute Gasteiger partial charge is 0.331 e. The van der Waals surface area contributed by atoms with Crippen LogP contribution in [0, 0.1) is 23.7 Å². The molecule has 0 unspecified atom stereocenters. The van der Waals surface area contributed by atoms with Gasteiger partial charge in [0.25, 0.3) is 5.91 Å². The third-order valence-corrected chi connectivity index (χ3v) is 8.04. The van der Waals surface area contributed by atoms with E-state index in [-0.39, 0.29) is 17.9 Å². The fraction of sp³-hybridized carbons (Fsp3) is 0.517. The molecule has 0 bridgehead atoms. The van der Waals surface area contributed by atoms with Crippen LogP contribution in [0.25, 0.3) is 0 Å². The van der Waals surface area contributed by atoms with Crippen LogP contribution in [0.5, 0.6) is 0 Å². The largest absolute Gasteiger partial charge is 0.445 e. The van der Waals surface area contributed by atoms with Crippen molar-refractivity contribution in [2.24, 2.45) is 23.7 Å². The van der Waals surface area contributed by atoms with E-state index in [1.54, 1.807) is 0 Å². The standard InChI is InChI=1S/C29H37NO5/c1-18-9-7-13-22(31)15-16-25(32)35-29-23(14-8-10-18)27(33)20(3)19(2)26(29)24(30-28(29)34)17-21-11-5-4-6-12-21/h4-6,8,11-12,14-16,18-19,22-24,26-27,31,33H,3,7,9-10,13,17H2,1-2H3,(H,30,34)/b14-8-,16-15+/t18-,19-,22+,23+,24+,26+,27-,29-/m1/s1. The lowest BCUT2D eigenvalue weighted by Gasteiger charge is -2.49. The number of aliphatic hydroxyl groups is 2. The Labute approximate surface area is 207 Å². The van der Waals surface area contributed by atoms with E-state index < -0.39 is 35.6 Å². The first-order chi connectivity index (χ1) is 16.7. The van der Waals surface area contributed by atoms with E-state index in [9.17, 15) is 19.8 Å². The number of nitrogens with one attached hydrogen (secondary N) is 1. The molecule has 188 valence electrons.